The fourth-order valence-electron chi connectivity index (χ4n) is 2.12. The molecule has 0 saturated heterocycles. The summed E-state index contributed by atoms with van der Waals surface area (Å²) in [7, 11) is 0. The monoisotopic (exact) mass is 362 g/mol. The van der Waals surface area contributed by atoms with Crippen LogP contribution in [0.25, 0.3) is 0 Å². The van der Waals surface area contributed by atoms with Gasteiger partial charge in [-0.15, -0.1) is 0 Å². The number of carbonyl (C=O) groups excluding carboxylic acids is 3. The quantitative estimate of drug-likeness (QED) is 0.407. The molecule has 3 N–H and O–H groups in total. The van der Waals surface area contributed by atoms with E-state index in [0.717, 1.165) is 0 Å². The van der Waals surface area contributed by atoms with E-state index in [9.17, 15) is 14.4 Å². The second-order valence-electron chi connectivity index (χ2n) is 6.00. The third-order valence-electron chi connectivity index (χ3n) is 3.22. The number of benzene rings is 1. The molecular formula is C17H22N4O5. The molecule has 9 nitrogen and oxygen atoms in total. The predicted octanol–water partition coefficient (Wildman–Crippen LogP) is 0.803. The molecule has 0 fully saturated rings. The van der Waals surface area contributed by atoms with Crippen LogP contribution in [-0.4, -0.2) is 42.7 Å². The maximum absolute atomic E-state index is 12.1. The highest BCUT2D eigenvalue weighted by Crippen LogP contribution is 2.32. The van der Waals surface area contributed by atoms with Gasteiger partial charge in [-0.3, -0.25) is 14.4 Å². The van der Waals surface area contributed by atoms with Crippen LogP contribution in [0.15, 0.2) is 23.3 Å². The zero-order chi connectivity index (χ0) is 19.1. The van der Waals surface area contributed by atoms with Crippen molar-refractivity contribution >= 4 is 29.1 Å². The van der Waals surface area contributed by atoms with Crippen LogP contribution in [0.3, 0.4) is 0 Å². The minimum absolute atomic E-state index is 0.0411. The number of nitrogens with one attached hydrogen (secondary N) is 3. The molecule has 3 amide bonds. The van der Waals surface area contributed by atoms with Crippen molar-refractivity contribution in [3.63, 3.8) is 0 Å². The van der Waals surface area contributed by atoms with Gasteiger partial charge in [0.2, 0.25) is 5.91 Å². The van der Waals surface area contributed by atoms with Gasteiger partial charge in [-0.25, -0.2) is 5.43 Å². The van der Waals surface area contributed by atoms with Gasteiger partial charge in [0.1, 0.15) is 13.2 Å². The average molecular weight is 362 g/mol. The molecule has 0 aromatic heterocycles. The molecule has 1 aliphatic rings. The molecule has 1 aromatic carbocycles. The maximum Gasteiger partial charge on any atom is 0.329 e. The summed E-state index contributed by atoms with van der Waals surface area (Å²) in [4.78, 5) is 35.1. The van der Waals surface area contributed by atoms with Gasteiger partial charge in [0.25, 0.3) is 0 Å². The highest BCUT2D eigenvalue weighted by Gasteiger charge is 2.15. The number of ether oxygens (including phenoxy) is 2. The first kappa shape index (κ1) is 19.2. The fraction of sp³-hybridized carbons (Fsp3) is 0.412. The summed E-state index contributed by atoms with van der Waals surface area (Å²) in [5, 5.41) is 8.91. The third kappa shape index (κ3) is 5.76. The molecule has 0 radical (unpaired) electrons. The lowest BCUT2D eigenvalue weighted by molar-refractivity contribution is -0.139. The van der Waals surface area contributed by atoms with Crippen molar-refractivity contribution in [2.45, 2.75) is 33.2 Å². The van der Waals surface area contributed by atoms with E-state index in [1.54, 1.807) is 39.0 Å². The van der Waals surface area contributed by atoms with Crippen molar-refractivity contribution in [1.82, 2.24) is 10.7 Å². The summed E-state index contributed by atoms with van der Waals surface area (Å²) in [6, 6.07) is 4.95. The van der Waals surface area contributed by atoms with E-state index in [4.69, 9.17) is 9.47 Å². The molecular weight excluding hydrogens is 340 g/mol. The number of fused-ring (bicyclic) bond motifs is 1. The van der Waals surface area contributed by atoms with Crippen LogP contribution in [-0.2, 0) is 14.4 Å². The predicted molar refractivity (Wildman–Crippen MR) is 95.2 cm³/mol. The first-order valence-electron chi connectivity index (χ1n) is 8.18. The van der Waals surface area contributed by atoms with Crippen molar-refractivity contribution in [1.29, 1.82) is 0 Å². The SMILES string of the molecule is C/C(CC(=O)Nc1ccc2c(c1)OCCO2)=N/NC(=O)C(=O)NC(C)C. The highest BCUT2D eigenvalue weighted by atomic mass is 16.6. The molecule has 9 heteroatoms. The highest BCUT2D eigenvalue weighted by molar-refractivity contribution is 6.35. The molecule has 2 rings (SSSR count). The summed E-state index contributed by atoms with van der Waals surface area (Å²) in [5.74, 6) is -0.774. The van der Waals surface area contributed by atoms with Crippen molar-refractivity contribution in [2.24, 2.45) is 5.10 Å². The Balaban J connectivity index is 1.85. The fourth-order valence-corrected chi connectivity index (χ4v) is 2.12. The first-order chi connectivity index (χ1) is 12.3. The van der Waals surface area contributed by atoms with Crippen molar-refractivity contribution < 1.29 is 23.9 Å². The van der Waals surface area contributed by atoms with E-state index >= 15 is 0 Å². The van der Waals surface area contributed by atoms with Gasteiger partial charge in [-0.05, 0) is 32.9 Å². The molecule has 0 unspecified atom stereocenters. The van der Waals surface area contributed by atoms with E-state index in [0.29, 0.717) is 36.1 Å². The van der Waals surface area contributed by atoms with E-state index in [2.05, 4.69) is 21.2 Å². The Morgan fingerprint density at radius 3 is 2.50 bits per heavy atom. The van der Waals surface area contributed by atoms with Crippen LogP contribution < -0.4 is 25.5 Å². The standard InChI is InChI=1S/C17H22N4O5/c1-10(2)18-16(23)17(24)21-20-11(3)8-15(22)19-12-4-5-13-14(9-12)26-7-6-25-13/h4-5,9-10H,6-8H2,1-3H3,(H,18,23)(H,19,22)(H,21,24)/b20-11-. The van der Waals surface area contributed by atoms with E-state index in [1.807, 2.05) is 0 Å². The van der Waals surface area contributed by atoms with E-state index < -0.39 is 11.8 Å². The molecule has 0 aliphatic carbocycles. The number of hydrogen-bond donors (Lipinski definition) is 3. The number of amides is 3. The Bertz CT molecular complexity index is 730. The Hall–Kier alpha value is -3.10. The molecule has 140 valence electrons. The third-order valence-corrected chi connectivity index (χ3v) is 3.22. The van der Waals surface area contributed by atoms with Crippen LogP contribution in [0.1, 0.15) is 27.2 Å². The van der Waals surface area contributed by atoms with E-state index in [1.165, 1.54) is 0 Å². The Kier molecular flexibility index (Phi) is 6.54. The van der Waals surface area contributed by atoms with Gasteiger partial charge < -0.3 is 20.1 Å². The lowest BCUT2D eigenvalue weighted by Crippen LogP contribution is -2.41. The molecule has 0 atom stereocenters. The second kappa shape index (κ2) is 8.84. The van der Waals surface area contributed by atoms with Crippen LogP contribution in [0, 0.1) is 0 Å². The summed E-state index contributed by atoms with van der Waals surface area (Å²) >= 11 is 0. The van der Waals surface area contributed by atoms with Crippen molar-refractivity contribution in [3.8, 4) is 11.5 Å². The maximum atomic E-state index is 12.1. The van der Waals surface area contributed by atoms with Gasteiger partial charge in [0, 0.05) is 23.5 Å². The van der Waals surface area contributed by atoms with Gasteiger partial charge >= 0.3 is 11.8 Å². The molecule has 1 aliphatic heterocycles. The van der Waals surface area contributed by atoms with Gasteiger partial charge in [0.05, 0.1) is 6.42 Å². The number of rotatable bonds is 5. The first-order valence-corrected chi connectivity index (χ1v) is 8.18. The molecule has 1 aromatic rings. The zero-order valence-electron chi connectivity index (χ0n) is 14.9. The normalized spacial score (nSPS) is 13.2. The number of hydrogen-bond acceptors (Lipinski definition) is 6. The topological polar surface area (TPSA) is 118 Å². The van der Waals surface area contributed by atoms with Crippen molar-refractivity contribution in [2.75, 3.05) is 18.5 Å². The summed E-state index contributed by atoms with van der Waals surface area (Å²) in [6.45, 7) is 6.00. The number of hydrazone groups is 1. The smallest absolute Gasteiger partial charge is 0.329 e. The largest absolute Gasteiger partial charge is 0.486 e. The number of anilines is 1. The Morgan fingerprint density at radius 1 is 1.12 bits per heavy atom. The summed E-state index contributed by atoms with van der Waals surface area (Å²) in [6.07, 6.45) is -0.0411. The summed E-state index contributed by atoms with van der Waals surface area (Å²) < 4.78 is 10.9. The molecule has 26 heavy (non-hydrogen) atoms. The van der Waals surface area contributed by atoms with Crippen LogP contribution in [0.2, 0.25) is 0 Å². The molecule has 1 heterocycles. The van der Waals surface area contributed by atoms with Crippen LogP contribution in [0.4, 0.5) is 5.69 Å². The molecule has 0 bridgehead atoms. The lowest BCUT2D eigenvalue weighted by atomic mass is 10.2. The number of nitrogens with zero attached hydrogens (tertiary/aromatic N) is 1. The summed E-state index contributed by atoms with van der Waals surface area (Å²) in [5.41, 5.74) is 3.03. The van der Waals surface area contributed by atoms with Gasteiger partial charge in [-0.1, -0.05) is 0 Å². The second-order valence-corrected chi connectivity index (χ2v) is 6.00. The Labute approximate surface area is 151 Å². The zero-order valence-corrected chi connectivity index (χ0v) is 14.9. The average Bonchev–Trinajstić information content (AvgIpc) is 2.58. The Morgan fingerprint density at radius 2 is 1.81 bits per heavy atom. The van der Waals surface area contributed by atoms with Gasteiger partial charge in [-0.2, -0.15) is 5.10 Å². The minimum Gasteiger partial charge on any atom is -0.486 e. The van der Waals surface area contributed by atoms with Crippen LogP contribution in [0.5, 0.6) is 11.5 Å². The van der Waals surface area contributed by atoms with Crippen molar-refractivity contribution in [3.05, 3.63) is 18.2 Å². The van der Waals surface area contributed by atoms with Gasteiger partial charge in [0.15, 0.2) is 11.5 Å². The molecule has 0 saturated carbocycles. The molecule has 0 spiro atoms. The minimum atomic E-state index is -0.884. The number of carbonyl (C=O) groups is 3. The lowest BCUT2D eigenvalue weighted by Gasteiger charge is -2.19. The van der Waals surface area contributed by atoms with Crippen LogP contribution >= 0.6 is 0 Å². The van der Waals surface area contributed by atoms with E-state index in [-0.39, 0.29) is 18.4 Å².